The van der Waals surface area contributed by atoms with Crippen molar-refractivity contribution in [3.63, 3.8) is 0 Å². The molecule has 0 bridgehead atoms. The molecule has 0 saturated heterocycles. The Morgan fingerprint density at radius 2 is 1.76 bits per heavy atom. The van der Waals surface area contributed by atoms with Crippen LogP contribution in [0.3, 0.4) is 0 Å². The van der Waals surface area contributed by atoms with Gasteiger partial charge in [0, 0.05) is 18.1 Å². The predicted molar refractivity (Wildman–Crippen MR) is 101 cm³/mol. The van der Waals surface area contributed by atoms with Crippen LogP contribution in [0.15, 0.2) is 36.7 Å². The number of rotatable bonds is 8. The van der Waals surface area contributed by atoms with Crippen molar-refractivity contribution in [2.75, 3.05) is 26.5 Å². The van der Waals surface area contributed by atoms with Crippen molar-refractivity contribution in [3.8, 4) is 17.2 Å². The van der Waals surface area contributed by atoms with Gasteiger partial charge in [-0.2, -0.15) is 0 Å². The van der Waals surface area contributed by atoms with Crippen molar-refractivity contribution < 1.29 is 19.1 Å². The zero-order valence-corrected chi connectivity index (χ0v) is 16.1. The first-order chi connectivity index (χ1) is 12.0. The molecule has 0 amide bonds. The van der Waals surface area contributed by atoms with Gasteiger partial charge in [-0.3, -0.25) is 4.98 Å². The highest BCUT2D eigenvalue weighted by molar-refractivity contribution is 7.64. The molecule has 1 aromatic carbocycles. The molecule has 0 fully saturated rings. The van der Waals surface area contributed by atoms with E-state index in [0.717, 1.165) is 11.1 Å². The van der Waals surface area contributed by atoms with Gasteiger partial charge >= 0.3 is 0 Å². The van der Waals surface area contributed by atoms with Crippen LogP contribution in [0, 0.1) is 0 Å². The standard InChI is InChI=1S/C19H26NO4P/c1-5-25(22,6-2)18(10-14-8-7-9-20-13-14)15-11-16(23-3)19(21)17(12-15)24-4/h7-9,11-13,18,21H,5-6,10H2,1-4H3. The zero-order chi connectivity index (χ0) is 18.4. The highest BCUT2D eigenvalue weighted by Crippen LogP contribution is 2.60. The molecule has 1 N–H and O–H groups in total. The Labute approximate surface area is 149 Å². The number of phenolic OH excluding ortho intramolecular Hbond substituents is 1. The van der Waals surface area contributed by atoms with E-state index in [0.29, 0.717) is 30.2 Å². The maximum atomic E-state index is 13.6. The van der Waals surface area contributed by atoms with E-state index in [4.69, 9.17) is 9.47 Å². The second kappa shape index (κ2) is 8.39. The molecule has 2 rings (SSSR count). The average Bonchev–Trinajstić information content (AvgIpc) is 2.66. The fourth-order valence-corrected chi connectivity index (χ4v) is 5.63. The van der Waals surface area contributed by atoms with Crippen LogP contribution in [-0.4, -0.2) is 36.6 Å². The molecule has 136 valence electrons. The van der Waals surface area contributed by atoms with Gasteiger partial charge in [0.2, 0.25) is 5.75 Å². The summed E-state index contributed by atoms with van der Waals surface area (Å²) >= 11 is 0. The molecule has 5 nitrogen and oxygen atoms in total. The lowest BCUT2D eigenvalue weighted by atomic mass is 10.0. The van der Waals surface area contributed by atoms with E-state index >= 15 is 0 Å². The quantitative estimate of drug-likeness (QED) is 0.700. The number of aromatic hydroxyl groups is 1. The number of nitrogens with zero attached hydrogens (tertiary/aromatic N) is 1. The van der Waals surface area contributed by atoms with Crippen molar-refractivity contribution in [2.24, 2.45) is 0 Å². The molecule has 1 unspecified atom stereocenters. The molecule has 0 aliphatic rings. The maximum Gasteiger partial charge on any atom is 0.200 e. The minimum Gasteiger partial charge on any atom is -0.502 e. The van der Waals surface area contributed by atoms with Crippen LogP contribution in [0.25, 0.3) is 0 Å². The summed E-state index contributed by atoms with van der Waals surface area (Å²) in [5.41, 5.74) is 1.69. The van der Waals surface area contributed by atoms with Crippen molar-refractivity contribution >= 4 is 7.14 Å². The molecule has 1 aromatic heterocycles. The number of methoxy groups -OCH3 is 2. The summed E-state index contributed by atoms with van der Waals surface area (Å²) in [5, 5.41) is 10.2. The molecule has 25 heavy (non-hydrogen) atoms. The summed E-state index contributed by atoms with van der Waals surface area (Å²) in [4.78, 5) is 4.17. The molecule has 1 atom stereocenters. The third-order valence-electron chi connectivity index (χ3n) is 4.68. The largest absolute Gasteiger partial charge is 0.502 e. The minimum absolute atomic E-state index is 0.0447. The van der Waals surface area contributed by atoms with Gasteiger partial charge in [0.05, 0.1) is 21.4 Å². The molecular formula is C19H26NO4P. The molecule has 6 heteroatoms. The van der Waals surface area contributed by atoms with E-state index in [1.807, 2.05) is 26.0 Å². The molecule has 0 aliphatic heterocycles. The number of pyridine rings is 1. The van der Waals surface area contributed by atoms with Gasteiger partial charge in [0.1, 0.15) is 0 Å². The van der Waals surface area contributed by atoms with Crippen LogP contribution in [0.2, 0.25) is 0 Å². The second-order valence-electron chi connectivity index (χ2n) is 5.94. The predicted octanol–water partition coefficient (Wildman–Crippen LogP) is 4.49. The van der Waals surface area contributed by atoms with Gasteiger partial charge in [-0.05, 0) is 48.1 Å². The maximum absolute atomic E-state index is 13.6. The number of ether oxygens (including phenoxy) is 2. The highest BCUT2D eigenvalue weighted by Gasteiger charge is 2.32. The molecule has 0 spiro atoms. The smallest absolute Gasteiger partial charge is 0.200 e. The number of hydrogen-bond acceptors (Lipinski definition) is 5. The summed E-state index contributed by atoms with van der Waals surface area (Å²) in [6.45, 7) is 3.94. The van der Waals surface area contributed by atoms with Gasteiger partial charge in [0.25, 0.3) is 0 Å². The van der Waals surface area contributed by atoms with Crippen LogP contribution in [0.5, 0.6) is 17.2 Å². The normalized spacial score (nSPS) is 12.6. The van der Waals surface area contributed by atoms with Crippen molar-refractivity contribution in [1.82, 2.24) is 4.98 Å². The molecule has 2 aromatic rings. The summed E-state index contributed by atoms with van der Waals surface area (Å²) in [6, 6.07) is 7.39. The Bertz CT molecular complexity index is 715. The van der Waals surface area contributed by atoms with Crippen LogP contribution in [-0.2, 0) is 11.0 Å². The third-order valence-corrected chi connectivity index (χ3v) is 8.44. The Kier molecular flexibility index (Phi) is 6.49. The van der Waals surface area contributed by atoms with Gasteiger partial charge in [-0.1, -0.05) is 19.9 Å². The van der Waals surface area contributed by atoms with E-state index in [9.17, 15) is 9.67 Å². The van der Waals surface area contributed by atoms with Crippen LogP contribution < -0.4 is 9.47 Å². The summed E-state index contributed by atoms with van der Waals surface area (Å²) in [5.74, 6) is 0.602. The highest BCUT2D eigenvalue weighted by atomic mass is 31.2. The first-order valence-corrected chi connectivity index (χ1v) is 10.5. The summed E-state index contributed by atoms with van der Waals surface area (Å²) in [6.07, 6.45) is 5.37. The Hall–Kier alpha value is -2.00. The number of phenols is 1. The van der Waals surface area contributed by atoms with Gasteiger partial charge < -0.3 is 19.1 Å². The fraction of sp³-hybridized carbons (Fsp3) is 0.421. The fourth-order valence-electron chi connectivity index (χ4n) is 3.07. The summed E-state index contributed by atoms with van der Waals surface area (Å²) < 4.78 is 24.1. The zero-order valence-electron chi connectivity index (χ0n) is 15.2. The van der Waals surface area contributed by atoms with E-state index in [1.165, 1.54) is 14.2 Å². The van der Waals surface area contributed by atoms with E-state index in [1.54, 1.807) is 24.5 Å². The Balaban J connectivity index is 2.57. The van der Waals surface area contributed by atoms with E-state index in [-0.39, 0.29) is 11.4 Å². The lowest BCUT2D eigenvalue weighted by Crippen LogP contribution is -2.09. The molecule has 0 radical (unpaired) electrons. The Morgan fingerprint density at radius 1 is 1.16 bits per heavy atom. The van der Waals surface area contributed by atoms with E-state index < -0.39 is 7.14 Å². The average molecular weight is 363 g/mol. The molecule has 0 aliphatic carbocycles. The van der Waals surface area contributed by atoms with E-state index in [2.05, 4.69) is 4.98 Å². The van der Waals surface area contributed by atoms with Crippen molar-refractivity contribution in [3.05, 3.63) is 47.8 Å². The number of aromatic nitrogens is 1. The van der Waals surface area contributed by atoms with Crippen LogP contribution in [0.4, 0.5) is 0 Å². The summed E-state index contributed by atoms with van der Waals surface area (Å²) in [7, 11) is 0.512. The van der Waals surface area contributed by atoms with Crippen LogP contribution in [0.1, 0.15) is 30.6 Å². The van der Waals surface area contributed by atoms with Gasteiger partial charge in [0.15, 0.2) is 11.5 Å². The first-order valence-electron chi connectivity index (χ1n) is 8.40. The lowest BCUT2D eigenvalue weighted by molar-refractivity contribution is 0.339. The van der Waals surface area contributed by atoms with Gasteiger partial charge in [-0.25, -0.2) is 0 Å². The first kappa shape index (κ1) is 19.3. The lowest BCUT2D eigenvalue weighted by Gasteiger charge is -2.27. The number of hydrogen-bond donors (Lipinski definition) is 1. The van der Waals surface area contributed by atoms with Gasteiger partial charge in [-0.15, -0.1) is 0 Å². The third kappa shape index (κ3) is 4.16. The molecule has 0 saturated carbocycles. The monoisotopic (exact) mass is 363 g/mol. The minimum atomic E-state index is -2.47. The topological polar surface area (TPSA) is 68.7 Å². The SMILES string of the molecule is CCP(=O)(CC)C(Cc1cccnc1)c1cc(OC)c(O)c(OC)c1. The van der Waals surface area contributed by atoms with Crippen LogP contribution >= 0.6 is 7.14 Å². The second-order valence-corrected chi connectivity index (χ2v) is 9.73. The number of benzene rings is 1. The Morgan fingerprint density at radius 3 is 2.20 bits per heavy atom. The van der Waals surface area contributed by atoms with Crippen molar-refractivity contribution in [1.29, 1.82) is 0 Å². The molecular weight excluding hydrogens is 337 g/mol. The van der Waals surface area contributed by atoms with Crippen molar-refractivity contribution in [2.45, 2.75) is 25.9 Å². The molecule has 1 heterocycles.